The van der Waals surface area contributed by atoms with Crippen molar-refractivity contribution < 1.29 is 4.39 Å². The monoisotopic (exact) mass is 220 g/mol. The lowest BCUT2D eigenvalue weighted by Gasteiger charge is -2.04. The molecule has 2 aromatic rings. The summed E-state index contributed by atoms with van der Waals surface area (Å²) in [7, 11) is 0. The second-order valence-corrected chi connectivity index (χ2v) is 4.15. The number of hydrogen-bond donors (Lipinski definition) is 1. The van der Waals surface area contributed by atoms with Crippen molar-refractivity contribution >= 4 is 11.0 Å². The van der Waals surface area contributed by atoms with Crippen molar-refractivity contribution in [2.75, 3.05) is 0 Å². The molecule has 0 amide bonds. The molecular weight excluding hydrogens is 203 g/mol. The van der Waals surface area contributed by atoms with E-state index < -0.39 is 0 Å². The Kier molecular flexibility index (Phi) is 2.95. The van der Waals surface area contributed by atoms with Gasteiger partial charge in [0.25, 0.3) is 0 Å². The third-order valence-electron chi connectivity index (χ3n) is 2.94. The number of nitrogens with one attached hydrogen (secondary N) is 1. The van der Waals surface area contributed by atoms with Crippen molar-refractivity contribution in [3.8, 4) is 0 Å². The van der Waals surface area contributed by atoms with Crippen LogP contribution in [0.25, 0.3) is 11.0 Å². The molecule has 2 rings (SSSR count). The second kappa shape index (κ2) is 4.24. The predicted molar refractivity (Wildman–Crippen MR) is 64.2 cm³/mol. The Morgan fingerprint density at radius 3 is 2.75 bits per heavy atom. The molecule has 2 heterocycles. The molecule has 16 heavy (non-hydrogen) atoms. The van der Waals surface area contributed by atoms with Crippen molar-refractivity contribution in [1.82, 2.24) is 9.97 Å². The summed E-state index contributed by atoms with van der Waals surface area (Å²) in [6.45, 7) is 5.93. The van der Waals surface area contributed by atoms with E-state index in [1.807, 2.05) is 19.9 Å². The van der Waals surface area contributed by atoms with Gasteiger partial charge in [-0.2, -0.15) is 0 Å². The molecule has 0 aromatic carbocycles. The molecule has 0 saturated heterocycles. The molecule has 86 valence electrons. The van der Waals surface area contributed by atoms with Crippen LogP contribution in [-0.4, -0.2) is 9.97 Å². The Hall–Kier alpha value is -1.38. The molecule has 1 N–H and O–H groups in total. The number of H-pyrrole nitrogens is 1. The highest BCUT2D eigenvalue weighted by molar-refractivity contribution is 5.78. The van der Waals surface area contributed by atoms with E-state index in [0.29, 0.717) is 17.5 Å². The van der Waals surface area contributed by atoms with Gasteiger partial charge in [0, 0.05) is 17.0 Å². The number of fused-ring (bicyclic) bond motifs is 1. The third kappa shape index (κ3) is 1.70. The molecule has 3 heteroatoms. The first kappa shape index (κ1) is 11.1. The molecule has 0 aliphatic heterocycles. The van der Waals surface area contributed by atoms with Gasteiger partial charge in [-0.3, -0.25) is 0 Å². The summed E-state index contributed by atoms with van der Waals surface area (Å²) in [4.78, 5) is 7.59. The number of pyridine rings is 1. The van der Waals surface area contributed by atoms with Crippen molar-refractivity contribution in [2.24, 2.45) is 0 Å². The second-order valence-electron chi connectivity index (χ2n) is 4.15. The maximum atomic E-state index is 14.1. The average Bonchev–Trinajstić information content (AvgIpc) is 2.62. The summed E-state index contributed by atoms with van der Waals surface area (Å²) in [5.41, 5.74) is 3.26. The van der Waals surface area contributed by atoms with Crippen LogP contribution in [0.5, 0.6) is 0 Å². The van der Waals surface area contributed by atoms with Gasteiger partial charge in [0.05, 0.1) is 5.39 Å². The number of hydrogen-bond acceptors (Lipinski definition) is 1. The van der Waals surface area contributed by atoms with Crippen LogP contribution in [0.3, 0.4) is 0 Å². The van der Waals surface area contributed by atoms with Crippen molar-refractivity contribution in [1.29, 1.82) is 0 Å². The molecule has 0 spiro atoms. The van der Waals surface area contributed by atoms with E-state index in [-0.39, 0.29) is 5.82 Å². The Morgan fingerprint density at radius 1 is 1.38 bits per heavy atom. The molecule has 0 saturated carbocycles. The van der Waals surface area contributed by atoms with Crippen LogP contribution in [0.4, 0.5) is 4.39 Å². The van der Waals surface area contributed by atoms with E-state index >= 15 is 0 Å². The summed E-state index contributed by atoms with van der Waals surface area (Å²) in [5.74, 6) is -0.108. The van der Waals surface area contributed by atoms with Crippen LogP contribution in [-0.2, 0) is 12.8 Å². The summed E-state index contributed by atoms with van der Waals surface area (Å²) < 4.78 is 14.1. The van der Waals surface area contributed by atoms with Gasteiger partial charge in [-0.1, -0.05) is 20.3 Å². The van der Waals surface area contributed by atoms with Gasteiger partial charge in [-0.15, -0.1) is 0 Å². The lowest BCUT2D eigenvalue weighted by atomic mass is 10.1. The Morgan fingerprint density at radius 2 is 2.12 bits per heavy atom. The van der Waals surface area contributed by atoms with Gasteiger partial charge in [0.1, 0.15) is 11.5 Å². The van der Waals surface area contributed by atoms with Crippen molar-refractivity contribution in [3.63, 3.8) is 0 Å². The number of nitrogens with zero attached hydrogens (tertiary/aromatic N) is 1. The number of halogens is 1. The Labute approximate surface area is 94.9 Å². The molecule has 0 unspecified atom stereocenters. The van der Waals surface area contributed by atoms with E-state index in [1.165, 1.54) is 0 Å². The largest absolute Gasteiger partial charge is 0.343 e. The highest BCUT2D eigenvalue weighted by Gasteiger charge is 2.13. The number of rotatable bonds is 3. The van der Waals surface area contributed by atoms with Gasteiger partial charge in [-0.05, 0) is 25.8 Å². The van der Waals surface area contributed by atoms with Gasteiger partial charge in [0.15, 0.2) is 0 Å². The van der Waals surface area contributed by atoms with E-state index in [4.69, 9.17) is 0 Å². The minimum atomic E-state index is -0.108. The van der Waals surface area contributed by atoms with Gasteiger partial charge < -0.3 is 4.98 Å². The summed E-state index contributed by atoms with van der Waals surface area (Å²) >= 11 is 0. The first-order valence-corrected chi connectivity index (χ1v) is 5.83. The molecule has 0 radical (unpaired) electrons. The summed E-state index contributed by atoms with van der Waals surface area (Å²) in [6.07, 6.45) is 2.68. The van der Waals surface area contributed by atoms with Crippen LogP contribution in [0.15, 0.2) is 6.07 Å². The molecule has 2 nitrogen and oxygen atoms in total. The minimum absolute atomic E-state index is 0.108. The van der Waals surface area contributed by atoms with Crippen molar-refractivity contribution in [2.45, 2.75) is 40.0 Å². The Bertz CT molecular complexity index is 514. The lowest BCUT2D eigenvalue weighted by Crippen LogP contribution is -1.96. The average molecular weight is 220 g/mol. The lowest BCUT2D eigenvalue weighted by molar-refractivity contribution is 0.620. The fourth-order valence-corrected chi connectivity index (χ4v) is 2.13. The molecule has 0 fully saturated rings. The Balaban J connectivity index is 2.63. The van der Waals surface area contributed by atoms with E-state index in [9.17, 15) is 4.39 Å². The number of aromatic nitrogens is 2. The number of aromatic amines is 1. The zero-order valence-electron chi connectivity index (χ0n) is 10.0. The fourth-order valence-electron chi connectivity index (χ4n) is 2.13. The van der Waals surface area contributed by atoms with Crippen LogP contribution < -0.4 is 0 Å². The van der Waals surface area contributed by atoms with Gasteiger partial charge >= 0.3 is 0 Å². The minimum Gasteiger partial charge on any atom is -0.343 e. The van der Waals surface area contributed by atoms with Gasteiger partial charge in [-0.25, -0.2) is 9.37 Å². The zero-order chi connectivity index (χ0) is 11.7. The number of aryl methyl sites for hydroxylation is 2. The van der Waals surface area contributed by atoms with E-state index in [2.05, 4.69) is 16.9 Å². The molecule has 0 aliphatic carbocycles. The van der Waals surface area contributed by atoms with E-state index in [1.54, 1.807) is 0 Å². The normalized spacial score (nSPS) is 11.2. The predicted octanol–water partition coefficient (Wildman–Crippen LogP) is 3.53. The van der Waals surface area contributed by atoms with E-state index in [0.717, 1.165) is 29.8 Å². The van der Waals surface area contributed by atoms with Crippen molar-refractivity contribution in [3.05, 3.63) is 28.8 Å². The molecule has 0 bridgehead atoms. The first-order valence-electron chi connectivity index (χ1n) is 5.83. The maximum Gasteiger partial charge on any atom is 0.140 e. The first-order chi connectivity index (χ1) is 7.67. The maximum absolute atomic E-state index is 14.1. The molecule has 2 aromatic heterocycles. The smallest absolute Gasteiger partial charge is 0.140 e. The fraction of sp³-hybridized carbons (Fsp3) is 0.462. The summed E-state index contributed by atoms with van der Waals surface area (Å²) in [5, 5.41) is 0.630. The molecule has 0 atom stereocenters. The highest BCUT2D eigenvalue weighted by atomic mass is 19.1. The topological polar surface area (TPSA) is 28.7 Å². The SMILES string of the molecule is CCCc1cc2c(F)c(CC)c(C)nc2[nH]1. The summed E-state index contributed by atoms with van der Waals surface area (Å²) in [6, 6.07) is 1.89. The molecule has 0 aliphatic rings. The quantitative estimate of drug-likeness (QED) is 0.842. The standard InChI is InChI=1S/C13H17FN2/c1-4-6-9-7-11-12(14)10(5-2)8(3)15-13(11)16-9/h7H,4-6H2,1-3H3,(H,15,16). The van der Waals surface area contributed by atoms with Crippen LogP contribution in [0, 0.1) is 12.7 Å². The highest BCUT2D eigenvalue weighted by Crippen LogP contribution is 2.23. The molecular formula is C13H17FN2. The zero-order valence-corrected chi connectivity index (χ0v) is 10.0. The third-order valence-corrected chi connectivity index (χ3v) is 2.94. The van der Waals surface area contributed by atoms with Crippen LogP contribution in [0.2, 0.25) is 0 Å². The van der Waals surface area contributed by atoms with Gasteiger partial charge in [0.2, 0.25) is 0 Å². The van der Waals surface area contributed by atoms with Crippen LogP contribution >= 0.6 is 0 Å². The van der Waals surface area contributed by atoms with Crippen LogP contribution in [0.1, 0.15) is 37.2 Å².